The van der Waals surface area contributed by atoms with E-state index in [-0.39, 0.29) is 18.4 Å². The zero-order chi connectivity index (χ0) is 17.7. The molecular formula is C18H25N3O3. The molecule has 130 valence electrons. The number of carbonyl (C=O) groups is 1. The fourth-order valence-corrected chi connectivity index (χ4v) is 2.43. The SMILES string of the molecule is CC(C)[C@](C)(C#N)NC(=O)CN(C)Cc1ccc2c(c1)OCCO2. The van der Waals surface area contributed by atoms with Gasteiger partial charge in [0, 0.05) is 6.54 Å². The molecule has 6 heteroatoms. The van der Waals surface area contributed by atoms with E-state index in [1.165, 1.54) is 0 Å². The van der Waals surface area contributed by atoms with Gasteiger partial charge in [0.05, 0.1) is 12.6 Å². The molecule has 0 spiro atoms. The molecule has 1 aromatic carbocycles. The molecule has 1 heterocycles. The van der Waals surface area contributed by atoms with Gasteiger partial charge in [-0.25, -0.2) is 0 Å². The fraction of sp³-hybridized carbons (Fsp3) is 0.556. The number of nitriles is 1. The van der Waals surface area contributed by atoms with Gasteiger partial charge in [-0.05, 0) is 37.6 Å². The van der Waals surface area contributed by atoms with Crippen LogP contribution in [0, 0.1) is 17.2 Å². The Bertz CT molecular complexity index is 639. The van der Waals surface area contributed by atoms with Crippen LogP contribution in [-0.2, 0) is 11.3 Å². The highest BCUT2D eigenvalue weighted by molar-refractivity contribution is 5.79. The maximum absolute atomic E-state index is 12.2. The molecule has 0 saturated carbocycles. The molecule has 0 saturated heterocycles. The van der Waals surface area contributed by atoms with E-state index in [0.717, 1.165) is 17.1 Å². The third kappa shape index (κ3) is 4.39. The van der Waals surface area contributed by atoms with Crippen LogP contribution in [0.5, 0.6) is 11.5 Å². The highest BCUT2D eigenvalue weighted by Gasteiger charge is 2.30. The van der Waals surface area contributed by atoms with Gasteiger partial charge in [0.2, 0.25) is 5.91 Å². The molecule has 1 aromatic rings. The van der Waals surface area contributed by atoms with Crippen LogP contribution in [0.1, 0.15) is 26.3 Å². The maximum Gasteiger partial charge on any atom is 0.235 e. The van der Waals surface area contributed by atoms with Crippen molar-refractivity contribution in [3.05, 3.63) is 23.8 Å². The first-order valence-electron chi connectivity index (χ1n) is 8.13. The quantitative estimate of drug-likeness (QED) is 0.862. The highest BCUT2D eigenvalue weighted by Crippen LogP contribution is 2.31. The summed E-state index contributed by atoms with van der Waals surface area (Å²) in [5.74, 6) is 1.38. The van der Waals surface area contributed by atoms with Crippen LogP contribution < -0.4 is 14.8 Å². The largest absolute Gasteiger partial charge is 0.486 e. The molecule has 0 aliphatic carbocycles. The molecule has 0 radical (unpaired) electrons. The minimum Gasteiger partial charge on any atom is -0.486 e. The Hall–Kier alpha value is -2.26. The lowest BCUT2D eigenvalue weighted by Gasteiger charge is -2.28. The lowest BCUT2D eigenvalue weighted by atomic mass is 9.90. The van der Waals surface area contributed by atoms with Gasteiger partial charge in [0.15, 0.2) is 11.5 Å². The van der Waals surface area contributed by atoms with Crippen molar-refractivity contribution in [1.82, 2.24) is 10.2 Å². The maximum atomic E-state index is 12.2. The first-order valence-corrected chi connectivity index (χ1v) is 8.13. The summed E-state index contributed by atoms with van der Waals surface area (Å²) in [6.45, 7) is 7.53. The molecule has 1 aliphatic heterocycles. The Morgan fingerprint density at radius 2 is 2.04 bits per heavy atom. The summed E-state index contributed by atoms with van der Waals surface area (Å²) in [4.78, 5) is 14.1. The summed E-state index contributed by atoms with van der Waals surface area (Å²) < 4.78 is 11.1. The van der Waals surface area contributed by atoms with E-state index in [9.17, 15) is 10.1 Å². The van der Waals surface area contributed by atoms with Crippen molar-refractivity contribution >= 4 is 5.91 Å². The van der Waals surface area contributed by atoms with Gasteiger partial charge in [-0.2, -0.15) is 5.26 Å². The lowest BCUT2D eigenvalue weighted by molar-refractivity contribution is -0.123. The molecule has 1 N–H and O–H groups in total. The molecule has 2 rings (SSSR count). The molecular weight excluding hydrogens is 306 g/mol. The van der Waals surface area contributed by atoms with Gasteiger partial charge in [-0.3, -0.25) is 9.69 Å². The molecule has 1 atom stereocenters. The number of nitrogens with zero attached hydrogens (tertiary/aromatic N) is 2. The predicted octanol–water partition coefficient (Wildman–Crippen LogP) is 1.94. The van der Waals surface area contributed by atoms with Crippen molar-refractivity contribution in [2.24, 2.45) is 5.92 Å². The van der Waals surface area contributed by atoms with Crippen LogP contribution in [0.2, 0.25) is 0 Å². The summed E-state index contributed by atoms with van der Waals surface area (Å²) in [7, 11) is 1.87. The minimum atomic E-state index is -0.852. The number of nitrogens with one attached hydrogen (secondary N) is 1. The van der Waals surface area contributed by atoms with E-state index >= 15 is 0 Å². The molecule has 0 bridgehead atoms. The normalized spacial score (nSPS) is 15.7. The Balaban J connectivity index is 1.92. The molecule has 1 amide bonds. The van der Waals surface area contributed by atoms with Crippen LogP contribution in [0.15, 0.2) is 18.2 Å². The van der Waals surface area contributed by atoms with Crippen molar-refractivity contribution in [3.63, 3.8) is 0 Å². The summed E-state index contributed by atoms with van der Waals surface area (Å²) in [6, 6.07) is 7.99. The van der Waals surface area contributed by atoms with Crippen molar-refractivity contribution in [3.8, 4) is 17.6 Å². The molecule has 0 aromatic heterocycles. The van der Waals surface area contributed by atoms with Crippen LogP contribution in [0.25, 0.3) is 0 Å². The van der Waals surface area contributed by atoms with Crippen molar-refractivity contribution in [2.45, 2.75) is 32.9 Å². The predicted molar refractivity (Wildman–Crippen MR) is 90.8 cm³/mol. The van der Waals surface area contributed by atoms with Gasteiger partial charge < -0.3 is 14.8 Å². The molecule has 1 aliphatic rings. The number of amides is 1. The van der Waals surface area contributed by atoms with Crippen LogP contribution in [0.4, 0.5) is 0 Å². The highest BCUT2D eigenvalue weighted by atomic mass is 16.6. The van der Waals surface area contributed by atoms with Crippen molar-refractivity contribution in [1.29, 1.82) is 5.26 Å². The Morgan fingerprint density at radius 1 is 1.38 bits per heavy atom. The number of hydrogen-bond donors (Lipinski definition) is 1. The Morgan fingerprint density at radius 3 is 2.67 bits per heavy atom. The summed E-state index contributed by atoms with van der Waals surface area (Å²) >= 11 is 0. The van der Waals surface area contributed by atoms with E-state index in [0.29, 0.717) is 19.8 Å². The van der Waals surface area contributed by atoms with E-state index in [2.05, 4.69) is 11.4 Å². The second kappa shape index (κ2) is 7.54. The van der Waals surface area contributed by atoms with E-state index in [1.54, 1.807) is 6.92 Å². The fourth-order valence-electron chi connectivity index (χ4n) is 2.43. The second-order valence-electron chi connectivity index (χ2n) is 6.67. The number of likely N-dealkylation sites (N-methyl/N-ethyl adjacent to an activating group) is 1. The molecule has 0 unspecified atom stereocenters. The zero-order valence-corrected chi connectivity index (χ0v) is 14.8. The van der Waals surface area contributed by atoms with Gasteiger partial charge in [0.1, 0.15) is 18.8 Å². The monoisotopic (exact) mass is 331 g/mol. The number of ether oxygens (including phenoxy) is 2. The average Bonchev–Trinajstić information content (AvgIpc) is 2.54. The van der Waals surface area contributed by atoms with Crippen molar-refractivity contribution in [2.75, 3.05) is 26.8 Å². The van der Waals surface area contributed by atoms with Crippen LogP contribution in [-0.4, -0.2) is 43.2 Å². The molecule has 0 fully saturated rings. The third-order valence-corrected chi connectivity index (χ3v) is 4.26. The van der Waals surface area contributed by atoms with Gasteiger partial charge in [-0.1, -0.05) is 19.9 Å². The van der Waals surface area contributed by atoms with Crippen LogP contribution >= 0.6 is 0 Å². The number of rotatable bonds is 6. The lowest BCUT2D eigenvalue weighted by Crippen LogP contribution is -2.51. The third-order valence-electron chi connectivity index (χ3n) is 4.26. The average molecular weight is 331 g/mol. The van der Waals surface area contributed by atoms with E-state index in [1.807, 2.05) is 44.0 Å². The van der Waals surface area contributed by atoms with Gasteiger partial charge in [0.25, 0.3) is 0 Å². The first-order chi connectivity index (χ1) is 11.3. The number of carbonyl (C=O) groups excluding carboxylic acids is 1. The second-order valence-corrected chi connectivity index (χ2v) is 6.67. The van der Waals surface area contributed by atoms with Crippen LogP contribution in [0.3, 0.4) is 0 Å². The van der Waals surface area contributed by atoms with E-state index < -0.39 is 5.54 Å². The van der Waals surface area contributed by atoms with E-state index in [4.69, 9.17) is 9.47 Å². The first kappa shape index (κ1) is 18.1. The zero-order valence-electron chi connectivity index (χ0n) is 14.8. The smallest absolute Gasteiger partial charge is 0.235 e. The van der Waals surface area contributed by atoms with Gasteiger partial charge >= 0.3 is 0 Å². The minimum absolute atomic E-state index is 0.0366. The Labute approximate surface area is 143 Å². The van der Waals surface area contributed by atoms with Gasteiger partial charge in [-0.15, -0.1) is 0 Å². The standard InChI is InChI=1S/C18H25N3O3/c1-13(2)18(3,12-19)20-17(22)11-21(4)10-14-5-6-15-16(9-14)24-8-7-23-15/h5-6,9,13H,7-8,10-11H2,1-4H3,(H,20,22)/t18-/m0/s1. The molecule has 6 nitrogen and oxygen atoms in total. The summed E-state index contributed by atoms with van der Waals surface area (Å²) in [5.41, 5.74) is 0.191. The molecule has 24 heavy (non-hydrogen) atoms. The summed E-state index contributed by atoms with van der Waals surface area (Å²) in [6.07, 6.45) is 0. The van der Waals surface area contributed by atoms with Crippen molar-refractivity contribution < 1.29 is 14.3 Å². The topological polar surface area (TPSA) is 74.6 Å². The number of benzene rings is 1. The Kier molecular flexibility index (Phi) is 5.68. The number of fused-ring (bicyclic) bond motifs is 1. The number of hydrogen-bond acceptors (Lipinski definition) is 5. The summed E-state index contributed by atoms with van der Waals surface area (Å²) in [5, 5.41) is 12.1.